The lowest BCUT2D eigenvalue weighted by atomic mass is 10.2. The van der Waals surface area contributed by atoms with E-state index in [9.17, 15) is 9.59 Å². The van der Waals surface area contributed by atoms with Crippen molar-refractivity contribution in [2.45, 2.75) is 26.3 Å². The fraction of sp³-hybridized carbons (Fsp3) is 0.375. The van der Waals surface area contributed by atoms with Gasteiger partial charge in [-0.1, -0.05) is 6.07 Å². The van der Waals surface area contributed by atoms with Gasteiger partial charge >= 0.3 is 0 Å². The molecule has 0 aromatic heterocycles. The van der Waals surface area contributed by atoms with E-state index in [0.29, 0.717) is 61.1 Å². The molecule has 0 aliphatic carbocycles. The van der Waals surface area contributed by atoms with Crippen LogP contribution in [-0.4, -0.2) is 45.8 Å². The molecule has 2 rings (SSSR count). The van der Waals surface area contributed by atoms with Gasteiger partial charge in [-0.25, -0.2) is 0 Å². The molecule has 2 amide bonds. The molecule has 176 valence electrons. The van der Waals surface area contributed by atoms with E-state index in [1.807, 2.05) is 13.0 Å². The minimum absolute atomic E-state index is 0.101. The number of rotatable bonds is 13. The molecule has 9 heteroatoms. The maximum absolute atomic E-state index is 12.2. The van der Waals surface area contributed by atoms with Crippen molar-refractivity contribution in [1.29, 1.82) is 5.26 Å². The molecule has 0 saturated heterocycles. The smallest absolute Gasteiger partial charge is 0.257 e. The average molecular weight is 456 g/mol. The standard InChI is InChI=1S/C24H29N3O6/c1-4-26-24(29)16-33-20-10-8-18(13-22(20)31-3)15-27-23(28)6-5-11-32-19-9-7-17(14-25)12-21(19)30-2/h7-10,12-13H,4-6,11,15-16H2,1-3H3,(H,26,29)(H,27,28). The molecule has 0 atom stereocenters. The molecule has 0 saturated carbocycles. The van der Waals surface area contributed by atoms with E-state index >= 15 is 0 Å². The molecule has 0 aliphatic rings. The number of nitrogens with zero attached hydrogens (tertiary/aromatic N) is 1. The molecule has 2 aromatic rings. The molecule has 0 bridgehead atoms. The van der Waals surface area contributed by atoms with Gasteiger partial charge in [-0.05, 0) is 43.2 Å². The minimum atomic E-state index is -0.211. The van der Waals surface area contributed by atoms with Crippen molar-refractivity contribution in [3.05, 3.63) is 47.5 Å². The number of hydrogen-bond acceptors (Lipinski definition) is 7. The SMILES string of the molecule is CCNC(=O)COc1ccc(CNC(=O)CCCOc2ccc(C#N)cc2OC)cc1OC. The van der Waals surface area contributed by atoms with Crippen molar-refractivity contribution in [2.75, 3.05) is 34.0 Å². The first-order valence-corrected chi connectivity index (χ1v) is 10.5. The Hall–Kier alpha value is -3.93. The van der Waals surface area contributed by atoms with E-state index in [4.69, 9.17) is 24.2 Å². The van der Waals surface area contributed by atoms with Crippen LogP contribution in [-0.2, 0) is 16.1 Å². The molecule has 0 fully saturated rings. The van der Waals surface area contributed by atoms with Crippen LogP contribution < -0.4 is 29.6 Å². The Kier molecular flexibility index (Phi) is 10.3. The lowest BCUT2D eigenvalue weighted by molar-refractivity contribution is -0.123. The summed E-state index contributed by atoms with van der Waals surface area (Å²) in [4.78, 5) is 23.7. The normalized spacial score (nSPS) is 10.0. The fourth-order valence-electron chi connectivity index (χ4n) is 2.89. The Labute approximate surface area is 193 Å². The van der Waals surface area contributed by atoms with Crippen LogP contribution in [0.5, 0.6) is 23.0 Å². The quantitative estimate of drug-likeness (QED) is 0.446. The highest BCUT2D eigenvalue weighted by Gasteiger charge is 2.10. The Morgan fingerprint density at radius 1 is 0.909 bits per heavy atom. The van der Waals surface area contributed by atoms with Crippen molar-refractivity contribution in [3.8, 4) is 29.1 Å². The lowest BCUT2D eigenvalue weighted by Gasteiger charge is -2.13. The zero-order chi connectivity index (χ0) is 24.1. The van der Waals surface area contributed by atoms with Gasteiger partial charge in [0.1, 0.15) is 0 Å². The van der Waals surface area contributed by atoms with E-state index in [1.165, 1.54) is 14.2 Å². The van der Waals surface area contributed by atoms with E-state index in [2.05, 4.69) is 10.6 Å². The lowest BCUT2D eigenvalue weighted by Crippen LogP contribution is -2.28. The van der Waals surface area contributed by atoms with Gasteiger partial charge in [0.15, 0.2) is 29.6 Å². The molecular weight excluding hydrogens is 426 g/mol. The Morgan fingerprint density at radius 2 is 1.61 bits per heavy atom. The third-order valence-corrected chi connectivity index (χ3v) is 4.55. The van der Waals surface area contributed by atoms with Gasteiger partial charge in [0.2, 0.25) is 5.91 Å². The summed E-state index contributed by atoms with van der Waals surface area (Å²) in [6.07, 6.45) is 0.814. The van der Waals surface area contributed by atoms with Crippen LogP contribution in [0.4, 0.5) is 0 Å². The summed E-state index contributed by atoms with van der Waals surface area (Å²) in [5, 5.41) is 14.5. The molecule has 2 N–H and O–H groups in total. The van der Waals surface area contributed by atoms with Gasteiger partial charge in [0.05, 0.1) is 32.5 Å². The average Bonchev–Trinajstić information content (AvgIpc) is 2.84. The second-order valence-electron chi connectivity index (χ2n) is 6.93. The number of hydrogen-bond donors (Lipinski definition) is 2. The van der Waals surface area contributed by atoms with Gasteiger partial charge in [0, 0.05) is 25.6 Å². The van der Waals surface area contributed by atoms with Gasteiger partial charge in [-0.15, -0.1) is 0 Å². The number of carbonyl (C=O) groups excluding carboxylic acids is 2. The van der Waals surface area contributed by atoms with Crippen molar-refractivity contribution >= 4 is 11.8 Å². The fourth-order valence-corrected chi connectivity index (χ4v) is 2.89. The first-order chi connectivity index (χ1) is 16.0. The summed E-state index contributed by atoms with van der Waals surface area (Å²) in [5.41, 5.74) is 1.32. The highest BCUT2D eigenvalue weighted by atomic mass is 16.5. The summed E-state index contributed by atoms with van der Waals surface area (Å²) in [6, 6.07) is 12.2. The number of ether oxygens (including phenoxy) is 4. The maximum atomic E-state index is 12.2. The molecule has 2 aromatic carbocycles. The number of amides is 2. The maximum Gasteiger partial charge on any atom is 0.257 e. The van der Waals surface area contributed by atoms with Crippen LogP contribution in [0.2, 0.25) is 0 Å². The van der Waals surface area contributed by atoms with Crippen LogP contribution in [0.3, 0.4) is 0 Å². The van der Waals surface area contributed by atoms with E-state index in [-0.39, 0.29) is 18.4 Å². The topological polar surface area (TPSA) is 119 Å². The van der Waals surface area contributed by atoms with E-state index in [0.717, 1.165) is 5.56 Å². The Bertz CT molecular complexity index is 987. The van der Waals surface area contributed by atoms with Crippen molar-refractivity contribution in [1.82, 2.24) is 10.6 Å². The van der Waals surface area contributed by atoms with Crippen LogP contribution >= 0.6 is 0 Å². The first-order valence-electron chi connectivity index (χ1n) is 10.5. The first kappa shape index (κ1) is 25.3. The van der Waals surface area contributed by atoms with Crippen molar-refractivity contribution in [3.63, 3.8) is 0 Å². The number of methoxy groups -OCH3 is 2. The highest BCUT2D eigenvalue weighted by molar-refractivity contribution is 5.77. The summed E-state index contributed by atoms with van der Waals surface area (Å²) < 4.78 is 21.7. The highest BCUT2D eigenvalue weighted by Crippen LogP contribution is 2.29. The third kappa shape index (κ3) is 8.26. The molecule has 0 radical (unpaired) electrons. The van der Waals surface area contributed by atoms with Gasteiger partial charge in [-0.2, -0.15) is 5.26 Å². The molecule has 9 nitrogen and oxygen atoms in total. The summed E-state index contributed by atoms with van der Waals surface area (Å²) in [5.74, 6) is 1.62. The van der Waals surface area contributed by atoms with Crippen molar-refractivity contribution < 1.29 is 28.5 Å². The number of nitrogens with one attached hydrogen (secondary N) is 2. The van der Waals surface area contributed by atoms with E-state index in [1.54, 1.807) is 36.4 Å². The Balaban J connectivity index is 1.77. The second-order valence-corrected chi connectivity index (χ2v) is 6.93. The molecule has 0 heterocycles. The van der Waals surface area contributed by atoms with Crippen LogP contribution in [0.25, 0.3) is 0 Å². The number of benzene rings is 2. The minimum Gasteiger partial charge on any atom is -0.493 e. The largest absolute Gasteiger partial charge is 0.493 e. The van der Waals surface area contributed by atoms with Crippen LogP contribution in [0, 0.1) is 11.3 Å². The predicted molar refractivity (Wildman–Crippen MR) is 121 cm³/mol. The third-order valence-electron chi connectivity index (χ3n) is 4.55. The summed E-state index contributed by atoms with van der Waals surface area (Å²) in [7, 11) is 3.02. The zero-order valence-electron chi connectivity index (χ0n) is 19.1. The second kappa shape index (κ2) is 13.5. The molecule has 0 unspecified atom stereocenters. The van der Waals surface area contributed by atoms with Crippen LogP contribution in [0.1, 0.15) is 30.9 Å². The zero-order valence-corrected chi connectivity index (χ0v) is 19.1. The van der Waals surface area contributed by atoms with Crippen LogP contribution in [0.15, 0.2) is 36.4 Å². The van der Waals surface area contributed by atoms with Gasteiger partial charge < -0.3 is 29.6 Å². The monoisotopic (exact) mass is 455 g/mol. The predicted octanol–water partition coefficient (Wildman–Crippen LogP) is 2.57. The van der Waals surface area contributed by atoms with Gasteiger partial charge in [-0.3, -0.25) is 9.59 Å². The molecule has 0 aliphatic heterocycles. The number of likely N-dealkylation sites (N-methyl/N-ethyl adjacent to an activating group) is 1. The van der Waals surface area contributed by atoms with Crippen molar-refractivity contribution in [2.24, 2.45) is 0 Å². The van der Waals surface area contributed by atoms with E-state index < -0.39 is 0 Å². The molecule has 0 spiro atoms. The summed E-state index contributed by atoms with van der Waals surface area (Å²) >= 11 is 0. The number of nitriles is 1. The molecule has 33 heavy (non-hydrogen) atoms. The molecular formula is C24H29N3O6. The Morgan fingerprint density at radius 3 is 2.30 bits per heavy atom. The number of carbonyl (C=O) groups is 2. The van der Waals surface area contributed by atoms with Gasteiger partial charge in [0.25, 0.3) is 5.91 Å². The summed E-state index contributed by atoms with van der Waals surface area (Å²) in [6.45, 7) is 2.93.